The van der Waals surface area contributed by atoms with Gasteiger partial charge in [0.1, 0.15) is 4.90 Å². The summed E-state index contributed by atoms with van der Waals surface area (Å²) in [6.07, 6.45) is 1.38. The van der Waals surface area contributed by atoms with Crippen LogP contribution in [0.25, 0.3) is 0 Å². The van der Waals surface area contributed by atoms with Gasteiger partial charge in [-0.1, -0.05) is 29.3 Å². The number of rotatable bonds is 8. The van der Waals surface area contributed by atoms with Gasteiger partial charge in [0.15, 0.2) is 6.61 Å². The molecule has 31 heavy (non-hydrogen) atoms. The Balaban J connectivity index is 2.36. The topological polar surface area (TPSA) is 136 Å². The number of primary amides is 1. The summed E-state index contributed by atoms with van der Waals surface area (Å²) in [5.41, 5.74) is 4.92. The fourth-order valence-corrected chi connectivity index (χ4v) is 4.47. The summed E-state index contributed by atoms with van der Waals surface area (Å²) in [5.74, 6) is -1.95. The van der Waals surface area contributed by atoms with Crippen molar-refractivity contribution in [2.24, 2.45) is 5.73 Å². The van der Waals surface area contributed by atoms with Crippen molar-refractivity contribution in [3.8, 4) is 0 Å². The van der Waals surface area contributed by atoms with Crippen molar-refractivity contribution >= 4 is 56.8 Å². The fraction of sp³-hybridized carbons (Fsp3) is 0.105. The molecule has 0 saturated heterocycles. The van der Waals surface area contributed by atoms with Crippen LogP contribution in [0.3, 0.4) is 0 Å². The Kier molecular flexibility index (Phi) is 8.03. The lowest BCUT2D eigenvalue weighted by Crippen LogP contribution is -2.37. The zero-order chi connectivity index (χ0) is 23.2. The van der Waals surface area contributed by atoms with Crippen molar-refractivity contribution in [2.45, 2.75) is 4.90 Å². The Hall–Kier alpha value is -3.08. The zero-order valence-corrected chi connectivity index (χ0v) is 18.2. The highest BCUT2D eigenvalue weighted by Gasteiger charge is 2.28. The van der Waals surface area contributed by atoms with Gasteiger partial charge in [0, 0.05) is 5.02 Å². The van der Waals surface area contributed by atoms with Gasteiger partial charge >= 0.3 is 12.0 Å². The van der Waals surface area contributed by atoms with Gasteiger partial charge in [0.05, 0.1) is 22.8 Å². The predicted molar refractivity (Wildman–Crippen MR) is 116 cm³/mol. The van der Waals surface area contributed by atoms with Gasteiger partial charge in [-0.25, -0.2) is 18.0 Å². The van der Waals surface area contributed by atoms with E-state index in [2.05, 4.69) is 6.58 Å². The van der Waals surface area contributed by atoms with E-state index in [1.165, 1.54) is 42.5 Å². The van der Waals surface area contributed by atoms with Crippen molar-refractivity contribution < 1.29 is 27.5 Å². The summed E-state index contributed by atoms with van der Waals surface area (Å²) in [4.78, 5) is 33.9. The van der Waals surface area contributed by atoms with Crippen LogP contribution in [0, 0.1) is 0 Å². The van der Waals surface area contributed by atoms with E-state index in [1.807, 2.05) is 0 Å². The molecule has 12 heteroatoms. The van der Waals surface area contributed by atoms with Crippen molar-refractivity contribution in [1.29, 1.82) is 0 Å². The quantitative estimate of drug-likeness (QED) is 0.435. The van der Waals surface area contributed by atoms with Crippen molar-refractivity contribution in [2.75, 3.05) is 17.5 Å². The number of benzene rings is 2. The van der Waals surface area contributed by atoms with Gasteiger partial charge in [-0.15, -0.1) is 6.58 Å². The summed E-state index contributed by atoms with van der Waals surface area (Å²) in [6, 6.07) is 8.42. The van der Waals surface area contributed by atoms with Crippen molar-refractivity contribution in [3.63, 3.8) is 0 Å². The van der Waals surface area contributed by atoms with Crippen LogP contribution >= 0.6 is 23.2 Å². The standard InChI is InChI=1S/C19H17Cl2N3O6S/c1-2-9-24(14-6-4-13(20)5-7-14)31(28,29)16-10-12(3-8-15(16)21)18(26)30-11-17(25)23-19(22)27/h2-8,10H,1,9,11H2,(H3,22,23,25,27). The van der Waals surface area contributed by atoms with Crippen LogP contribution in [0.5, 0.6) is 0 Å². The van der Waals surface area contributed by atoms with E-state index in [0.717, 1.165) is 10.4 Å². The molecule has 3 amide bonds. The molecule has 0 spiro atoms. The van der Waals surface area contributed by atoms with Gasteiger partial charge < -0.3 is 10.5 Å². The molecule has 0 aliphatic heterocycles. The van der Waals surface area contributed by atoms with E-state index in [-0.39, 0.29) is 22.0 Å². The number of nitrogens with zero attached hydrogens (tertiary/aromatic N) is 1. The number of anilines is 1. The lowest BCUT2D eigenvalue weighted by molar-refractivity contribution is -0.123. The first-order valence-corrected chi connectivity index (χ1v) is 10.7. The minimum atomic E-state index is -4.22. The van der Waals surface area contributed by atoms with Crippen molar-refractivity contribution in [3.05, 3.63) is 70.7 Å². The Morgan fingerprint density at radius 3 is 2.35 bits per heavy atom. The SMILES string of the molecule is C=CCN(c1ccc(Cl)cc1)S(=O)(=O)c1cc(C(=O)OCC(=O)NC(N)=O)ccc1Cl. The molecule has 0 aliphatic rings. The molecule has 0 heterocycles. The summed E-state index contributed by atoms with van der Waals surface area (Å²) >= 11 is 12.0. The molecule has 0 radical (unpaired) electrons. The number of ether oxygens (including phenoxy) is 1. The van der Waals surface area contributed by atoms with Gasteiger partial charge in [-0.05, 0) is 42.5 Å². The number of esters is 1. The predicted octanol–water partition coefficient (Wildman–Crippen LogP) is 2.73. The van der Waals surface area contributed by atoms with Crippen LogP contribution in [0.1, 0.15) is 10.4 Å². The largest absolute Gasteiger partial charge is 0.452 e. The van der Waals surface area contributed by atoms with Crippen LogP contribution in [0.15, 0.2) is 60.0 Å². The first-order chi connectivity index (χ1) is 14.6. The second-order valence-electron chi connectivity index (χ2n) is 5.93. The molecule has 3 N–H and O–H groups in total. The normalized spacial score (nSPS) is 10.8. The first-order valence-electron chi connectivity index (χ1n) is 8.51. The molecule has 2 aromatic carbocycles. The van der Waals surface area contributed by atoms with E-state index in [1.54, 1.807) is 5.32 Å². The van der Waals surface area contributed by atoms with E-state index >= 15 is 0 Å². The highest BCUT2D eigenvalue weighted by Crippen LogP contribution is 2.30. The number of urea groups is 1. The lowest BCUT2D eigenvalue weighted by Gasteiger charge is -2.24. The van der Waals surface area contributed by atoms with Crippen LogP contribution in [-0.4, -0.2) is 39.5 Å². The highest BCUT2D eigenvalue weighted by molar-refractivity contribution is 7.93. The summed E-state index contributed by atoms with van der Waals surface area (Å²) in [7, 11) is -4.22. The lowest BCUT2D eigenvalue weighted by atomic mass is 10.2. The van der Waals surface area contributed by atoms with E-state index in [0.29, 0.717) is 10.7 Å². The third-order valence-corrected chi connectivity index (χ3v) is 6.27. The number of carbonyl (C=O) groups is 3. The number of halogens is 2. The van der Waals surface area contributed by atoms with E-state index in [4.69, 9.17) is 33.7 Å². The maximum atomic E-state index is 13.3. The van der Waals surface area contributed by atoms with Crippen LogP contribution in [-0.2, 0) is 19.6 Å². The minimum Gasteiger partial charge on any atom is -0.452 e. The van der Waals surface area contributed by atoms with Gasteiger partial charge in [-0.2, -0.15) is 0 Å². The average molecular weight is 486 g/mol. The number of carbonyl (C=O) groups excluding carboxylic acids is 3. The summed E-state index contributed by atoms with van der Waals surface area (Å²) in [5, 5.41) is 2.01. The maximum absolute atomic E-state index is 13.3. The van der Waals surface area contributed by atoms with Crippen LogP contribution in [0.2, 0.25) is 10.0 Å². The number of sulfonamides is 1. The molecular formula is C19H17Cl2N3O6S. The van der Waals surface area contributed by atoms with E-state index in [9.17, 15) is 22.8 Å². The molecule has 0 fully saturated rings. The Morgan fingerprint density at radius 2 is 1.77 bits per heavy atom. The third-order valence-electron chi connectivity index (χ3n) is 3.74. The molecule has 0 saturated carbocycles. The molecule has 0 aromatic heterocycles. The van der Waals surface area contributed by atoms with Gasteiger partial charge in [0.25, 0.3) is 15.9 Å². The molecule has 2 rings (SSSR count). The molecular weight excluding hydrogens is 469 g/mol. The molecule has 0 bridgehead atoms. The smallest absolute Gasteiger partial charge is 0.338 e. The van der Waals surface area contributed by atoms with Gasteiger partial charge in [-0.3, -0.25) is 14.4 Å². The van der Waals surface area contributed by atoms with Crippen molar-refractivity contribution in [1.82, 2.24) is 5.32 Å². The number of nitrogens with one attached hydrogen (secondary N) is 1. The molecule has 0 aliphatic carbocycles. The molecule has 0 atom stereocenters. The zero-order valence-electron chi connectivity index (χ0n) is 15.9. The number of imide groups is 1. The molecule has 9 nitrogen and oxygen atoms in total. The first kappa shape index (κ1) is 24.2. The highest BCUT2D eigenvalue weighted by atomic mass is 35.5. The van der Waals surface area contributed by atoms with Crippen LogP contribution in [0.4, 0.5) is 10.5 Å². The van der Waals surface area contributed by atoms with Gasteiger partial charge in [0.2, 0.25) is 0 Å². The third kappa shape index (κ3) is 6.20. The van der Waals surface area contributed by atoms with Crippen LogP contribution < -0.4 is 15.4 Å². The average Bonchev–Trinajstić information content (AvgIpc) is 2.70. The Bertz CT molecular complexity index is 1120. The minimum absolute atomic E-state index is 0.0811. The maximum Gasteiger partial charge on any atom is 0.338 e. The molecule has 2 aromatic rings. The monoisotopic (exact) mass is 485 g/mol. The fourth-order valence-electron chi connectivity index (χ4n) is 2.40. The number of nitrogens with two attached hydrogens (primary N) is 1. The Labute approximate surface area is 188 Å². The summed E-state index contributed by atoms with van der Waals surface area (Å²) < 4.78 is 32.4. The Morgan fingerprint density at radius 1 is 1.13 bits per heavy atom. The van der Waals surface area contributed by atoms with E-state index < -0.39 is 34.5 Å². The number of amides is 3. The molecule has 164 valence electrons. The summed E-state index contributed by atoms with van der Waals surface area (Å²) in [6.45, 7) is 2.70. The second-order valence-corrected chi connectivity index (χ2v) is 8.61. The molecule has 0 unspecified atom stereocenters. The number of hydrogen-bond acceptors (Lipinski definition) is 6. The second kappa shape index (κ2) is 10.3. The number of hydrogen-bond donors (Lipinski definition) is 2.